The summed E-state index contributed by atoms with van der Waals surface area (Å²) in [5.41, 5.74) is 2.76. The minimum absolute atomic E-state index is 0.211. The van der Waals surface area contributed by atoms with Gasteiger partial charge in [0.05, 0.1) is 0 Å². The zero-order chi connectivity index (χ0) is 15.8. The first-order chi connectivity index (χ1) is 11.2. The third-order valence-corrected chi connectivity index (χ3v) is 4.51. The average Bonchev–Trinajstić information content (AvgIpc) is 3.09. The number of rotatable bonds is 3. The number of hydrogen-bond acceptors (Lipinski definition) is 4. The van der Waals surface area contributed by atoms with E-state index in [0.29, 0.717) is 22.8 Å². The van der Waals surface area contributed by atoms with Crippen molar-refractivity contribution in [2.75, 3.05) is 0 Å². The first kappa shape index (κ1) is 14.0. The molecule has 0 aliphatic heterocycles. The number of benzene rings is 2. The van der Waals surface area contributed by atoms with Crippen LogP contribution in [0.2, 0.25) is 0 Å². The van der Waals surface area contributed by atoms with Gasteiger partial charge in [0.2, 0.25) is 4.96 Å². The Hall–Kier alpha value is -2.60. The van der Waals surface area contributed by atoms with Crippen LogP contribution < -0.4 is 0 Å². The van der Waals surface area contributed by atoms with Gasteiger partial charge in [-0.25, -0.2) is 4.39 Å². The van der Waals surface area contributed by atoms with E-state index in [1.807, 2.05) is 37.3 Å². The van der Waals surface area contributed by atoms with Gasteiger partial charge < -0.3 is 0 Å². The van der Waals surface area contributed by atoms with Crippen molar-refractivity contribution in [3.05, 3.63) is 70.5 Å². The second-order valence-corrected chi connectivity index (χ2v) is 6.39. The molecule has 0 saturated heterocycles. The summed E-state index contributed by atoms with van der Waals surface area (Å²) in [5, 5.41) is 13.8. The molecular formula is C17H13FN4S. The third-order valence-electron chi connectivity index (χ3n) is 3.61. The molecule has 0 N–H and O–H groups in total. The maximum absolute atomic E-state index is 13.8. The van der Waals surface area contributed by atoms with E-state index in [2.05, 4.69) is 15.3 Å². The van der Waals surface area contributed by atoms with Crippen LogP contribution in [0.5, 0.6) is 0 Å². The van der Waals surface area contributed by atoms with Gasteiger partial charge in [-0.05, 0) is 24.6 Å². The highest BCUT2D eigenvalue weighted by Crippen LogP contribution is 2.24. The predicted octanol–water partition coefficient (Wildman–Crippen LogP) is 3.89. The number of aromatic nitrogens is 4. The van der Waals surface area contributed by atoms with Crippen LogP contribution in [0.25, 0.3) is 16.3 Å². The quantitative estimate of drug-likeness (QED) is 0.574. The van der Waals surface area contributed by atoms with Crippen LogP contribution in [0.15, 0.2) is 48.5 Å². The van der Waals surface area contributed by atoms with Crippen molar-refractivity contribution in [2.45, 2.75) is 13.3 Å². The fraction of sp³-hybridized carbons (Fsp3) is 0.118. The zero-order valence-electron chi connectivity index (χ0n) is 12.4. The van der Waals surface area contributed by atoms with Crippen molar-refractivity contribution in [3.8, 4) is 11.4 Å². The number of fused-ring (bicyclic) bond motifs is 1. The molecule has 2 aromatic heterocycles. The van der Waals surface area contributed by atoms with Crippen LogP contribution in [-0.4, -0.2) is 19.8 Å². The van der Waals surface area contributed by atoms with Crippen molar-refractivity contribution in [1.29, 1.82) is 0 Å². The molecule has 0 bridgehead atoms. The summed E-state index contributed by atoms with van der Waals surface area (Å²) < 4.78 is 15.5. The van der Waals surface area contributed by atoms with Crippen LogP contribution in [0.1, 0.15) is 16.1 Å². The van der Waals surface area contributed by atoms with Crippen molar-refractivity contribution in [2.24, 2.45) is 0 Å². The summed E-state index contributed by atoms with van der Waals surface area (Å²) >= 11 is 1.43. The smallest absolute Gasteiger partial charge is 0.207 e. The Labute approximate surface area is 136 Å². The Balaban J connectivity index is 1.74. The number of hydrogen-bond donors (Lipinski definition) is 0. The monoisotopic (exact) mass is 324 g/mol. The minimum atomic E-state index is -0.211. The number of halogens is 1. The summed E-state index contributed by atoms with van der Waals surface area (Å²) in [5.74, 6) is 0.497. The highest BCUT2D eigenvalue weighted by Gasteiger charge is 2.14. The Morgan fingerprint density at radius 2 is 1.96 bits per heavy atom. The summed E-state index contributed by atoms with van der Waals surface area (Å²) in [6.07, 6.45) is 0.452. The molecule has 4 aromatic rings. The average molecular weight is 324 g/mol. The standard InChI is InChI=1S/C17H13FN4S/c1-11-5-4-7-13(9-11)16-19-20-17-22(16)21-15(23-17)10-12-6-2-3-8-14(12)18/h2-9H,10H2,1H3. The molecule has 23 heavy (non-hydrogen) atoms. The van der Waals surface area contributed by atoms with E-state index in [4.69, 9.17) is 0 Å². The fourth-order valence-electron chi connectivity index (χ4n) is 2.50. The maximum atomic E-state index is 13.8. The van der Waals surface area contributed by atoms with E-state index < -0.39 is 0 Å². The van der Waals surface area contributed by atoms with Crippen molar-refractivity contribution in [3.63, 3.8) is 0 Å². The van der Waals surface area contributed by atoms with E-state index >= 15 is 0 Å². The van der Waals surface area contributed by atoms with Crippen molar-refractivity contribution in [1.82, 2.24) is 19.8 Å². The van der Waals surface area contributed by atoms with E-state index in [9.17, 15) is 4.39 Å². The lowest BCUT2D eigenvalue weighted by Gasteiger charge is -2.00. The Kier molecular flexibility index (Phi) is 3.38. The van der Waals surface area contributed by atoms with Gasteiger partial charge in [0.25, 0.3) is 0 Å². The molecular weight excluding hydrogens is 311 g/mol. The van der Waals surface area contributed by atoms with Gasteiger partial charge in [-0.2, -0.15) is 9.61 Å². The van der Waals surface area contributed by atoms with Crippen molar-refractivity contribution < 1.29 is 4.39 Å². The normalized spacial score (nSPS) is 11.2. The van der Waals surface area contributed by atoms with E-state index in [0.717, 1.165) is 16.1 Å². The van der Waals surface area contributed by atoms with Gasteiger partial charge in [-0.15, -0.1) is 10.2 Å². The second-order valence-electron chi connectivity index (χ2n) is 5.35. The molecule has 4 nitrogen and oxygen atoms in total. The van der Waals surface area contributed by atoms with Crippen LogP contribution in [0.4, 0.5) is 4.39 Å². The molecule has 4 rings (SSSR count). The van der Waals surface area contributed by atoms with Crippen LogP contribution in [0, 0.1) is 12.7 Å². The zero-order valence-corrected chi connectivity index (χ0v) is 13.2. The van der Waals surface area contributed by atoms with Gasteiger partial charge in [-0.1, -0.05) is 53.3 Å². The lowest BCUT2D eigenvalue weighted by molar-refractivity contribution is 0.613. The fourth-order valence-corrected chi connectivity index (χ4v) is 3.35. The molecule has 0 radical (unpaired) electrons. The Morgan fingerprint density at radius 1 is 1.09 bits per heavy atom. The third kappa shape index (κ3) is 2.61. The van der Waals surface area contributed by atoms with Gasteiger partial charge in [0.1, 0.15) is 10.8 Å². The SMILES string of the molecule is Cc1cccc(-c2nnc3sc(Cc4ccccc4F)nn23)c1. The predicted molar refractivity (Wildman–Crippen MR) is 88.0 cm³/mol. The highest BCUT2D eigenvalue weighted by molar-refractivity contribution is 7.16. The van der Waals surface area contributed by atoms with Gasteiger partial charge >= 0.3 is 0 Å². The van der Waals surface area contributed by atoms with Crippen LogP contribution >= 0.6 is 11.3 Å². The van der Waals surface area contributed by atoms with Gasteiger partial charge in [-0.3, -0.25) is 0 Å². The summed E-state index contributed by atoms with van der Waals surface area (Å²) in [6, 6.07) is 14.8. The molecule has 0 spiro atoms. The van der Waals surface area contributed by atoms with E-state index in [1.54, 1.807) is 16.6 Å². The molecule has 0 amide bonds. The van der Waals surface area contributed by atoms with E-state index in [1.165, 1.54) is 17.4 Å². The molecule has 0 fully saturated rings. The number of nitrogens with zero attached hydrogens (tertiary/aromatic N) is 4. The molecule has 0 aliphatic carbocycles. The van der Waals surface area contributed by atoms with E-state index in [-0.39, 0.29) is 5.82 Å². The molecule has 0 unspecified atom stereocenters. The molecule has 114 valence electrons. The maximum Gasteiger partial charge on any atom is 0.234 e. The summed E-state index contributed by atoms with van der Waals surface area (Å²) in [4.78, 5) is 0.716. The molecule has 2 aromatic carbocycles. The first-order valence-corrected chi connectivity index (χ1v) is 8.04. The largest absolute Gasteiger partial charge is 0.234 e. The lowest BCUT2D eigenvalue weighted by atomic mass is 10.1. The number of aryl methyl sites for hydroxylation is 1. The molecule has 0 aliphatic rings. The molecule has 2 heterocycles. The Bertz CT molecular complexity index is 989. The Morgan fingerprint density at radius 3 is 2.78 bits per heavy atom. The molecule has 0 atom stereocenters. The molecule has 0 saturated carbocycles. The second kappa shape index (κ2) is 5.55. The van der Waals surface area contributed by atoms with Crippen LogP contribution in [-0.2, 0) is 6.42 Å². The summed E-state index contributed by atoms with van der Waals surface area (Å²) in [6.45, 7) is 2.03. The topological polar surface area (TPSA) is 43.1 Å². The summed E-state index contributed by atoms with van der Waals surface area (Å²) in [7, 11) is 0. The van der Waals surface area contributed by atoms with Gasteiger partial charge in [0, 0.05) is 12.0 Å². The molecule has 6 heteroatoms. The highest BCUT2D eigenvalue weighted by atomic mass is 32.1. The van der Waals surface area contributed by atoms with Crippen LogP contribution in [0.3, 0.4) is 0 Å². The minimum Gasteiger partial charge on any atom is -0.207 e. The van der Waals surface area contributed by atoms with Crippen molar-refractivity contribution >= 4 is 16.3 Å². The first-order valence-electron chi connectivity index (χ1n) is 7.22. The van der Waals surface area contributed by atoms with Gasteiger partial charge in [0.15, 0.2) is 5.82 Å². The lowest BCUT2D eigenvalue weighted by Crippen LogP contribution is -1.95.